The van der Waals surface area contributed by atoms with Crippen LogP contribution in [0.5, 0.6) is 5.75 Å². The van der Waals surface area contributed by atoms with E-state index in [1.54, 1.807) is 7.11 Å². The lowest BCUT2D eigenvalue weighted by molar-refractivity contribution is -0.368. The third kappa shape index (κ3) is 4.86. The van der Waals surface area contributed by atoms with E-state index in [9.17, 15) is 4.79 Å². The zero-order chi connectivity index (χ0) is 19.1. The largest absolute Gasteiger partial charge is 0.497 e. The first kappa shape index (κ1) is 19.4. The molecule has 0 spiro atoms. The van der Waals surface area contributed by atoms with Crippen LogP contribution in [-0.4, -0.2) is 41.1 Å². The quantitative estimate of drug-likeness (QED) is 0.718. The van der Waals surface area contributed by atoms with Gasteiger partial charge in [0, 0.05) is 18.5 Å². The summed E-state index contributed by atoms with van der Waals surface area (Å²) < 4.78 is 10.8. The molecule has 2 heterocycles. The van der Waals surface area contributed by atoms with Crippen LogP contribution >= 0.6 is 0 Å². The molecule has 1 amide bonds. The van der Waals surface area contributed by atoms with Gasteiger partial charge in [-0.05, 0) is 50.7 Å². The van der Waals surface area contributed by atoms with Crippen molar-refractivity contribution in [3.05, 3.63) is 30.2 Å². The summed E-state index contributed by atoms with van der Waals surface area (Å²) in [6.07, 6.45) is 6.57. The van der Waals surface area contributed by atoms with Crippen molar-refractivity contribution in [2.75, 3.05) is 20.2 Å². The molecule has 146 valence electrons. The summed E-state index contributed by atoms with van der Waals surface area (Å²) in [7, 11) is 1.63. The molecule has 1 aliphatic rings. The van der Waals surface area contributed by atoms with Crippen LogP contribution in [0.4, 0.5) is 0 Å². The number of aromatic nitrogens is 2. The smallest absolute Gasteiger partial charge is 0.249 e. The van der Waals surface area contributed by atoms with Crippen molar-refractivity contribution >= 4 is 5.91 Å². The highest BCUT2D eigenvalue weighted by Crippen LogP contribution is 2.32. The van der Waals surface area contributed by atoms with E-state index in [2.05, 4.69) is 15.9 Å². The summed E-state index contributed by atoms with van der Waals surface area (Å²) in [6.45, 7) is 1.69. The maximum Gasteiger partial charge on any atom is 0.249 e. The number of carbonyl (C=O) groups is 1. The van der Waals surface area contributed by atoms with E-state index >= 15 is 0 Å². The number of methoxy groups -OCH3 is 1. The van der Waals surface area contributed by atoms with Crippen LogP contribution < -0.4 is 10.5 Å². The Hall–Kier alpha value is -2.41. The van der Waals surface area contributed by atoms with Gasteiger partial charge in [0.15, 0.2) is 0 Å². The van der Waals surface area contributed by atoms with E-state index in [1.807, 2.05) is 29.2 Å². The number of piperidine rings is 1. The Bertz CT molecular complexity index is 746. The monoisotopic (exact) mass is 373 g/mol. The Morgan fingerprint density at radius 3 is 3.04 bits per heavy atom. The zero-order valence-electron chi connectivity index (χ0n) is 16.0. The van der Waals surface area contributed by atoms with E-state index in [0.717, 1.165) is 62.9 Å². The van der Waals surface area contributed by atoms with E-state index in [4.69, 9.17) is 9.26 Å². The summed E-state index contributed by atoms with van der Waals surface area (Å²) >= 11 is 0. The minimum Gasteiger partial charge on any atom is -0.497 e. The van der Waals surface area contributed by atoms with Gasteiger partial charge in [0.05, 0.1) is 13.7 Å². The molecule has 1 atom stereocenters. The first-order valence-corrected chi connectivity index (χ1v) is 9.79. The maximum absolute atomic E-state index is 12.7. The molecule has 0 radical (unpaired) electrons. The highest BCUT2D eigenvalue weighted by molar-refractivity contribution is 5.76. The molecule has 1 aliphatic heterocycles. The molecule has 1 aromatic carbocycles. The highest BCUT2D eigenvalue weighted by Gasteiger charge is 2.31. The molecule has 1 aromatic heterocycles. The van der Waals surface area contributed by atoms with E-state index in [-0.39, 0.29) is 11.9 Å². The first-order valence-electron chi connectivity index (χ1n) is 9.79. The number of amides is 1. The SMILES string of the molecule is COc1cccc(-c2noc([C@@H]3CCCCN3C(=O)CCCCC[NH3+])n2)c1. The van der Waals surface area contributed by atoms with Crippen LogP contribution in [0, 0.1) is 0 Å². The summed E-state index contributed by atoms with van der Waals surface area (Å²) in [5, 5.41) is 4.13. The van der Waals surface area contributed by atoms with Gasteiger partial charge in [-0.3, -0.25) is 4.79 Å². The summed E-state index contributed by atoms with van der Waals surface area (Å²) in [6, 6.07) is 7.45. The van der Waals surface area contributed by atoms with Crippen LogP contribution in [0.15, 0.2) is 28.8 Å². The van der Waals surface area contributed by atoms with Gasteiger partial charge in [0.2, 0.25) is 17.6 Å². The summed E-state index contributed by atoms with van der Waals surface area (Å²) in [5.41, 5.74) is 4.69. The van der Waals surface area contributed by atoms with E-state index in [1.165, 1.54) is 0 Å². The van der Waals surface area contributed by atoms with Crippen molar-refractivity contribution in [3.63, 3.8) is 0 Å². The molecule has 7 nitrogen and oxygen atoms in total. The second-order valence-corrected chi connectivity index (χ2v) is 6.95. The number of nitrogens with zero attached hydrogens (tertiary/aromatic N) is 3. The lowest BCUT2D eigenvalue weighted by Gasteiger charge is -2.33. The number of benzene rings is 1. The Kier molecular flexibility index (Phi) is 6.81. The molecule has 2 aromatic rings. The topological polar surface area (TPSA) is 96.1 Å². The van der Waals surface area contributed by atoms with Crippen molar-refractivity contribution in [1.82, 2.24) is 15.0 Å². The number of hydrogen-bond acceptors (Lipinski definition) is 5. The number of unbranched alkanes of at least 4 members (excludes halogenated alkanes) is 2. The first-order chi connectivity index (χ1) is 13.2. The van der Waals surface area contributed by atoms with Crippen LogP contribution in [0.25, 0.3) is 11.4 Å². The fourth-order valence-corrected chi connectivity index (χ4v) is 3.51. The lowest BCUT2D eigenvalue weighted by atomic mass is 10.0. The second kappa shape index (κ2) is 9.50. The van der Waals surface area contributed by atoms with Crippen LogP contribution in [0.3, 0.4) is 0 Å². The van der Waals surface area contributed by atoms with Gasteiger partial charge in [-0.2, -0.15) is 4.98 Å². The molecule has 0 saturated carbocycles. The van der Waals surface area contributed by atoms with Gasteiger partial charge < -0.3 is 19.9 Å². The number of quaternary nitrogens is 1. The average Bonchev–Trinajstić information content (AvgIpc) is 3.21. The molecule has 1 fully saturated rings. The number of rotatable bonds is 8. The minimum atomic E-state index is -0.119. The Labute approximate surface area is 159 Å². The Balaban J connectivity index is 1.71. The van der Waals surface area contributed by atoms with Crippen molar-refractivity contribution in [1.29, 1.82) is 0 Å². The van der Waals surface area contributed by atoms with Gasteiger partial charge in [-0.15, -0.1) is 0 Å². The molecular formula is C20H29N4O3+. The summed E-state index contributed by atoms with van der Waals surface area (Å²) in [4.78, 5) is 19.2. The van der Waals surface area contributed by atoms with Crippen molar-refractivity contribution in [3.8, 4) is 17.1 Å². The van der Waals surface area contributed by atoms with Gasteiger partial charge in [-0.25, -0.2) is 0 Å². The van der Waals surface area contributed by atoms with E-state index < -0.39 is 0 Å². The van der Waals surface area contributed by atoms with Crippen molar-refractivity contribution in [2.45, 2.75) is 51.0 Å². The number of ether oxygens (including phenoxy) is 1. The number of carbonyl (C=O) groups excluding carboxylic acids is 1. The molecule has 0 aliphatic carbocycles. The van der Waals surface area contributed by atoms with Crippen LogP contribution in [-0.2, 0) is 4.79 Å². The molecule has 1 saturated heterocycles. The molecule has 7 heteroatoms. The molecular weight excluding hydrogens is 344 g/mol. The normalized spacial score (nSPS) is 17.1. The highest BCUT2D eigenvalue weighted by atomic mass is 16.5. The molecule has 0 unspecified atom stereocenters. The Morgan fingerprint density at radius 2 is 2.22 bits per heavy atom. The van der Waals surface area contributed by atoms with Crippen molar-refractivity contribution in [2.24, 2.45) is 0 Å². The molecule has 3 N–H and O–H groups in total. The van der Waals surface area contributed by atoms with E-state index in [0.29, 0.717) is 18.1 Å². The lowest BCUT2D eigenvalue weighted by Crippen LogP contribution is -2.50. The van der Waals surface area contributed by atoms with Gasteiger partial charge >= 0.3 is 0 Å². The number of likely N-dealkylation sites (tertiary alicyclic amines) is 1. The maximum atomic E-state index is 12.7. The standard InChI is InChI=1S/C20H28N4O3/c1-26-16-9-7-8-15(14-16)19-22-20(27-23-19)17-10-4-6-13-24(17)18(25)11-3-2-5-12-21/h7-9,14,17H,2-6,10-13,21H2,1H3/p+1/t17-/m0/s1. The molecule has 3 rings (SSSR count). The second-order valence-electron chi connectivity index (χ2n) is 6.95. The summed E-state index contributed by atoms with van der Waals surface area (Å²) in [5.74, 6) is 1.98. The minimum absolute atomic E-state index is 0.119. The predicted molar refractivity (Wildman–Crippen MR) is 101 cm³/mol. The Morgan fingerprint density at radius 1 is 1.33 bits per heavy atom. The van der Waals surface area contributed by atoms with Crippen molar-refractivity contribution < 1.29 is 19.8 Å². The number of hydrogen-bond donors (Lipinski definition) is 1. The third-order valence-electron chi connectivity index (χ3n) is 5.02. The average molecular weight is 373 g/mol. The molecule has 27 heavy (non-hydrogen) atoms. The molecule has 0 bridgehead atoms. The fraction of sp³-hybridized carbons (Fsp3) is 0.550. The predicted octanol–water partition coefficient (Wildman–Crippen LogP) is 2.60. The van der Waals surface area contributed by atoms with Gasteiger partial charge in [-0.1, -0.05) is 17.3 Å². The van der Waals surface area contributed by atoms with Crippen LogP contribution in [0.1, 0.15) is 56.9 Å². The zero-order valence-corrected chi connectivity index (χ0v) is 16.0. The van der Waals surface area contributed by atoms with Crippen LogP contribution in [0.2, 0.25) is 0 Å². The van der Waals surface area contributed by atoms with Gasteiger partial charge in [0.25, 0.3) is 0 Å². The fourth-order valence-electron chi connectivity index (χ4n) is 3.51. The third-order valence-corrected chi connectivity index (χ3v) is 5.02. The van der Waals surface area contributed by atoms with Gasteiger partial charge in [0.1, 0.15) is 11.8 Å².